The third-order valence-corrected chi connectivity index (χ3v) is 6.32. The SMILES string of the molecule is COc1ccc(NC(=O)c2cc(S(=O)(=O)N(C)C)c(C)s2)cc1. The molecule has 1 amide bonds. The molecule has 0 unspecified atom stereocenters. The van der Waals surface area contributed by atoms with Crippen LogP contribution in [0.15, 0.2) is 35.2 Å². The van der Waals surface area contributed by atoms with Crippen LogP contribution in [0.4, 0.5) is 5.69 Å². The first-order chi connectivity index (χ1) is 10.8. The summed E-state index contributed by atoms with van der Waals surface area (Å²) in [4.78, 5) is 13.4. The lowest BCUT2D eigenvalue weighted by Gasteiger charge is -2.10. The van der Waals surface area contributed by atoms with Crippen LogP contribution >= 0.6 is 11.3 Å². The standard InChI is InChI=1S/C15H18N2O4S2/c1-10-14(23(19,20)17(2)3)9-13(22-10)15(18)16-11-5-7-12(21-4)8-6-11/h5-9H,1-4H3,(H,16,18). The predicted octanol–water partition coefficient (Wildman–Crippen LogP) is 2.57. The maximum Gasteiger partial charge on any atom is 0.265 e. The van der Waals surface area contributed by atoms with Gasteiger partial charge in [-0.2, -0.15) is 0 Å². The highest BCUT2D eigenvalue weighted by Crippen LogP contribution is 2.28. The summed E-state index contributed by atoms with van der Waals surface area (Å²) in [5.41, 5.74) is 0.610. The van der Waals surface area contributed by atoms with Crippen molar-refractivity contribution in [3.8, 4) is 5.75 Å². The van der Waals surface area contributed by atoms with Gasteiger partial charge in [0.1, 0.15) is 5.75 Å². The van der Waals surface area contributed by atoms with Crippen molar-refractivity contribution in [2.45, 2.75) is 11.8 Å². The maximum absolute atomic E-state index is 12.3. The molecule has 8 heteroatoms. The van der Waals surface area contributed by atoms with E-state index in [9.17, 15) is 13.2 Å². The fourth-order valence-corrected chi connectivity index (χ4v) is 4.25. The third-order valence-electron chi connectivity index (χ3n) is 3.20. The Kier molecular flexibility index (Phi) is 5.08. The minimum Gasteiger partial charge on any atom is -0.497 e. The molecule has 1 aromatic carbocycles. The van der Waals surface area contributed by atoms with Crippen LogP contribution in [0.5, 0.6) is 5.75 Å². The average molecular weight is 354 g/mol. The number of thiophene rings is 1. The summed E-state index contributed by atoms with van der Waals surface area (Å²) in [6, 6.07) is 8.31. The Bertz CT molecular complexity index is 809. The van der Waals surface area contributed by atoms with Gasteiger partial charge in [-0.05, 0) is 37.3 Å². The lowest BCUT2D eigenvalue weighted by Crippen LogP contribution is -2.22. The van der Waals surface area contributed by atoms with E-state index in [1.54, 1.807) is 38.3 Å². The highest BCUT2D eigenvalue weighted by atomic mass is 32.2. The van der Waals surface area contributed by atoms with Gasteiger partial charge in [-0.25, -0.2) is 12.7 Å². The number of hydrogen-bond acceptors (Lipinski definition) is 5. The van der Waals surface area contributed by atoms with Gasteiger partial charge in [0, 0.05) is 24.7 Å². The van der Waals surface area contributed by atoms with Crippen molar-refractivity contribution >= 4 is 33.0 Å². The van der Waals surface area contributed by atoms with Gasteiger partial charge in [-0.15, -0.1) is 11.3 Å². The van der Waals surface area contributed by atoms with Gasteiger partial charge in [-0.3, -0.25) is 4.79 Å². The number of carbonyl (C=O) groups is 1. The normalized spacial score (nSPS) is 11.5. The number of aryl methyl sites for hydroxylation is 1. The average Bonchev–Trinajstić information content (AvgIpc) is 2.90. The zero-order valence-corrected chi connectivity index (χ0v) is 14.9. The Morgan fingerprint density at radius 1 is 1.22 bits per heavy atom. The number of sulfonamides is 1. The molecule has 0 aliphatic heterocycles. The number of methoxy groups -OCH3 is 1. The first kappa shape index (κ1) is 17.5. The van der Waals surface area contributed by atoms with Crippen LogP contribution in [0.1, 0.15) is 14.5 Å². The van der Waals surface area contributed by atoms with Crippen molar-refractivity contribution in [2.24, 2.45) is 0 Å². The molecular formula is C15H18N2O4S2. The Balaban J connectivity index is 2.23. The first-order valence-electron chi connectivity index (χ1n) is 6.74. The molecule has 23 heavy (non-hydrogen) atoms. The van der Waals surface area contributed by atoms with Crippen LogP contribution in [0.2, 0.25) is 0 Å². The topological polar surface area (TPSA) is 75.7 Å². The van der Waals surface area contributed by atoms with E-state index in [1.165, 1.54) is 20.2 Å². The molecule has 0 saturated carbocycles. The molecule has 6 nitrogen and oxygen atoms in total. The van der Waals surface area contributed by atoms with Crippen molar-refractivity contribution in [2.75, 3.05) is 26.5 Å². The molecule has 0 saturated heterocycles. The number of nitrogens with one attached hydrogen (secondary N) is 1. The Morgan fingerprint density at radius 2 is 1.83 bits per heavy atom. The largest absolute Gasteiger partial charge is 0.497 e. The number of anilines is 1. The van der Waals surface area contributed by atoms with Crippen LogP contribution in [0.25, 0.3) is 0 Å². The van der Waals surface area contributed by atoms with Gasteiger partial charge in [0.05, 0.1) is 16.9 Å². The molecule has 0 spiro atoms. The molecule has 124 valence electrons. The van der Waals surface area contributed by atoms with Crippen LogP contribution in [-0.4, -0.2) is 39.8 Å². The number of ether oxygens (including phenoxy) is 1. The van der Waals surface area contributed by atoms with E-state index < -0.39 is 10.0 Å². The van der Waals surface area contributed by atoms with Crippen LogP contribution in [-0.2, 0) is 10.0 Å². The Labute approximate surface area is 139 Å². The summed E-state index contributed by atoms with van der Waals surface area (Å²) in [5.74, 6) is 0.345. The van der Waals surface area contributed by atoms with Crippen molar-refractivity contribution in [3.05, 3.63) is 40.1 Å². The molecule has 0 radical (unpaired) electrons. The van der Waals surface area contributed by atoms with Crippen molar-refractivity contribution < 1.29 is 17.9 Å². The molecule has 0 bridgehead atoms. The summed E-state index contributed by atoms with van der Waals surface area (Å²) in [7, 11) is 0.933. The molecule has 0 aliphatic rings. The second-order valence-corrected chi connectivity index (χ2v) is 8.38. The molecular weight excluding hydrogens is 336 g/mol. The Morgan fingerprint density at radius 3 is 2.35 bits per heavy atom. The highest BCUT2D eigenvalue weighted by molar-refractivity contribution is 7.89. The van der Waals surface area contributed by atoms with Gasteiger partial charge in [0.15, 0.2) is 0 Å². The van der Waals surface area contributed by atoms with E-state index in [4.69, 9.17) is 4.74 Å². The maximum atomic E-state index is 12.3. The quantitative estimate of drug-likeness (QED) is 0.895. The van der Waals surface area contributed by atoms with Crippen molar-refractivity contribution in [1.29, 1.82) is 0 Å². The third kappa shape index (κ3) is 3.72. The van der Waals surface area contributed by atoms with Gasteiger partial charge in [0.2, 0.25) is 10.0 Å². The van der Waals surface area contributed by atoms with E-state index in [0.717, 1.165) is 15.6 Å². The number of nitrogens with zero attached hydrogens (tertiary/aromatic N) is 1. The summed E-state index contributed by atoms with van der Waals surface area (Å²) < 4.78 is 30.6. The first-order valence-corrected chi connectivity index (χ1v) is 8.99. The van der Waals surface area contributed by atoms with E-state index in [1.807, 2.05) is 0 Å². The van der Waals surface area contributed by atoms with E-state index >= 15 is 0 Å². The molecule has 0 atom stereocenters. The van der Waals surface area contributed by atoms with Crippen LogP contribution in [0.3, 0.4) is 0 Å². The van der Waals surface area contributed by atoms with Gasteiger partial charge in [-0.1, -0.05) is 0 Å². The molecule has 1 aromatic heterocycles. The van der Waals surface area contributed by atoms with Crippen LogP contribution < -0.4 is 10.1 Å². The van der Waals surface area contributed by atoms with Gasteiger partial charge >= 0.3 is 0 Å². The molecule has 2 aromatic rings. The molecule has 2 rings (SSSR count). The predicted molar refractivity (Wildman–Crippen MR) is 90.9 cm³/mol. The summed E-state index contributed by atoms with van der Waals surface area (Å²) >= 11 is 1.15. The van der Waals surface area contributed by atoms with Gasteiger partial charge in [0.25, 0.3) is 5.91 Å². The van der Waals surface area contributed by atoms with Crippen molar-refractivity contribution in [3.63, 3.8) is 0 Å². The second-order valence-electron chi connectivity index (χ2n) is 5.00. The van der Waals surface area contributed by atoms with Crippen molar-refractivity contribution in [1.82, 2.24) is 4.31 Å². The van der Waals surface area contributed by atoms with Crippen LogP contribution in [0, 0.1) is 6.92 Å². The van der Waals surface area contributed by atoms with Gasteiger partial charge < -0.3 is 10.1 Å². The lowest BCUT2D eigenvalue weighted by atomic mass is 10.3. The zero-order valence-electron chi connectivity index (χ0n) is 13.3. The minimum absolute atomic E-state index is 0.160. The molecule has 1 heterocycles. The van der Waals surface area contributed by atoms with E-state index in [2.05, 4.69) is 5.32 Å². The number of rotatable bonds is 5. The zero-order chi connectivity index (χ0) is 17.2. The number of amides is 1. The molecule has 0 fully saturated rings. The second kappa shape index (κ2) is 6.69. The van der Waals surface area contributed by atoms with E-state index in [0.29, 0.717) is 21.2 Å². The number of carbonyl (C=O) groups excluding carboxylic acids is 1. The number of benzene rings is 1. The van der Waals surface area contributed by atoms with E-state index in [-0.39, 0.29) is 10.8 Å². The Hall–Kier alpha value is -1.90. The highest BCUT2D eigenvalue weighted by Gasteiger charge is 2.24. The fourth-order valence-electron chi connectivity index (χ4n) is 1.90. The molecule has 1 N–H and O–H groups in total. The molecule has 0 aliphatic carbocycles. The minimum atomic E-state index is -3.55. The fraction of sp³-hybridized carbons (Fsp3) is 0.267. The summed E-state index contributed by atoms with van der Waals surface area (Å²) in [6.45, 7) is 1.69. The summed E-state index contributed by atoms with van der Waals surface area (Å²) in [5, 5.41) is 2.74. The monoisotopic (exact) mass is 354 g/mol. The number of hydrogen-bond donors (Lipinski definition) is 1. The summed E-state index contributed by atoms with van der Waals surface area (Å²) in [6.07, 6.45) is 0. The smallest absolute Gasteiger partial charge is 0.265 e. The lowest BCUT2D eigenvalue weighted by molar-refractivity contribution is 0.103.